The van der Waals surface area contributed by atoms with Gasteiger partial charge in [0.15, 0.2) is 0 Å². The quantitative estimate of drug-likeness (QED) is 0.185. The van der Waals surface area contributed by atoms with Crippen LogP contribution in [0.5, 0.6) is 0 Å². The van der Waals surface area contributed by atoms with Crippen LogP contribution in [-0.4, -0.2) is 14.1 Å². The molecule has 1 aliphatic carbocycles. The van der Waals surface area contributed by atoms with E-state index < -0.39 is 0 Å². The predicted molar refractivity (Wildman–Crippen MR) is 218 cm³/mol. The fraction of sp³-hybridized carbons (Fsp3) is 0. The zero-order chi connectivity index (χ0) is 33.9. The lowest BCUT2D eigenvalue weighted by Crippen LogP contribution is -1.95. The standard InChI is InChI=1S/C49H29N3/c1-2-12-34(13-3-1)52-46-24-21-32(28-42(46)39-22-19-30-10-4-5-14-36(30)49(39)52)31-20-23-45-41(27-31)37-15-6-7-18-44(37)51(45)35-26-33-11-8-16-40-47(33)43(29-35)38-17-9-25-50-48(38)40/h1-29H. The van der Waals surface area contributed by atoms with Crippen LogP contribution in [0.15, 0.2) is 176 Å². The summed E-state index contributed by atoms with van der Waals surface area (Å²) in [5, 5.41) is 10.1. The molecule has 0 spiro atoms. The summed E-state index contributed by atoms with van der Waals surface area (Å²) in [6.07, 6.45) is 1.90. The number of para-hydroxylation sites is 2. The fourth-order valence-corrected chi connectivity index (χ4v) is 9.02. The molecule has 1 aliphatic rings. The van der Waals surface area contributed by atoms with Gasteiger partial charge in [0.1, 0.15) is 0 Å². The Balaban J connectivity index is 1.08. The van der Waals surface area contributed by atoms with Gasteiger partial charge in [0, 0.05) is 55.6 Å². The summed E-state index contributed by atoms with van der Waals surface area (Å²) in [4.78, 5) is 4.79. The van der Waals surface area contributed by atoms with Crippen molar-refractivity contribution in [2.75, 3.05) is 0 Å². The van der Waals surface area contributed by atoms with E-state index in [1.807, 2.05) is 12.3 Å². The second-order valence-electron chi connectivity index (χ2n) is 14.0. The lowest BCUT2D eigenvalue weighted by Gasteiger charge is -2.12. The van der Waals surface area contributed by atoms with Gasteiger partial charge in [-0.25, -0.2) is 0 Å². The Morgan fingerprint density at radius 1 is 0.365 bits per heavy atom. The average molecular weight is 660 g/mol. The van der Waals surface area contributed by atoms with E-state index in [0.717, 1.165) is 11.4 Å². The van der Waals surface area contributed by atoms with Crippen molar-refractivity contribution in [3.63, 3.8) is 0 Å². The van der Waals surface area contributed by atoms with Gasteiger partial charge in [-0.3, -0.25) is 4.98 Å². The Labute approximate surface area is 299 Å². The fourth-order valence-electron chi connectivity index (χ4n) is 9.02. The van der Waals surface area contributed by atoms with Crippen molar-refractivity contribution in [2.45, 2.75) is 0 Å². The molecule has 3 heterocycles. The number of hydrogen-bond acceptors (Lipinski definition) is 1. The van der Waals surface area contributed by atoms with Crippen LogP contribution in [0.2, 0.25) is 0 Å². The van der Waals surface area contributed by atoms with E-state index >= 15 is 0 Å². The normalized spacial score (nSPS) is 12.2. The molecule has 3 heteroatoms. The Kier molecular flexibility index (Phi) is 5.50. The van der Waals surface area contributed by atoms with Crippen LogP contribution in [0.4, 0.5) is 0 Å². The van der Waals surface area contributed by atoms with Gasteiger partial charge in [0.25, 0.3) is 0 Å². The molecule has 12 rings (SSSR count). The van der Waals surface area contributed by atoms with E-state index in [9.17, 15) is 0 Å². The first-order chi connectivity index (χ1) is 25.8. The van der Waals surface area contributed by atoms with Crippen molar-refractivity contribution in [2.24, 2.45) is 0 Å². The third kappa shape index (κ3) is 3.72. The van der Waals surface area contributed by atoms with Crippen molar-refractivity contribution in [3.05, 3.63) is 176 Å². The molecule has 0 radical (unpaired) electrons. The topological polar surface area (TPSA) is 22.8 Å². The molecule has 52 heavy (non-hydrogen) atoms. The van der Waals surface area contributed by atoms with E-state index in [-0.39, 0.29) is 0 Å². The molecule has 11 aromatic rings. The van der Waals surface area contributed by atoms with Crippen LogP contribution in [0.3, 0.4) is 0 Å². The van der Waals surface area contributed by atoms with Crippen LogP contribution in [0.1, 0.15) is 0 Å². The van der Waals surface area contributed by atoms with Gasteiger partial charge in [-0.1, -0.05) is 109 Å². The third-order valence-electron chi connectivity index (χ3n) is 11.2. The predicted octanol–water partition coefficient (Wildman–Crippen LogP) is 12.9. The highest BCUT2D eigenvalue weighted by molar-refractivity contribution is 6.20. The molecule has 0 bridgehead atoms. The number of nitrogens with zero attached hydrogens (tertiary/aromatic N) is 3. The monoisotopic (exact) mass is 659 g/mol. The van der Waals surface area contributed by atoms with Crippen molar-refractivity contribution >= 4 is 65.2 Å². The van der Waals surface area contributed by atoms with E-state index in [2.05, 4.69) is 173 Å². The Morgan fingerprint density at radius 2 is 1.06 bits per heavy atom. The molecular weight excluding hydrogens is 631 g/mol. The van der Waals surface area contributed by atoms with Crippen LogP contribution >= 0.6 is 0 Å². The van der Waals surface area contributed by atoms with Gasteiger partial charge >= 0.3 is 0 Å². The van der Waals surface area contributed by atoms with E-state index in [4.69, 9.17) is 4.98 Å². The zero-order valence-corrected chi connectivity index (χ0v) is 28.1. The number of aromatic nitrogens is 3. The van der Waals surface area contributed by atoms with E-state index in [1.54, 1.807) is 0 Å². The van der Waals surface area contributed by atoms with Gasteiger partial charge in [-0.15, -0.1) is 0 Å². The third-order valence-corrected chi connectivity index (χ3v) is 11.2. The Hall–Kier alpha value is -6.97. The molecule has 0 saturated carbocycles. The molecule has 0 saturated heterocycles. The largest absolute Gasteiger partial charge is 0.309 e. The first kappa shape index (κ1) is 27.8. The minimum atomic E-state index is 1.07. The van der Waals surface area contributed by atoms with Gasteiger partial charge in [0.2, 0.25) is 0 Å². The summed E-state index contributed by atoms with van der Waals surface area (Å²) >= 11 is 0. The summed E-state index contributed by atoms with van der Waals surface area (Å²) in [5.41, 5.74) is 14.4. The molecule has 8 aromatic carbocycles. The van der Waals surface area contributed by atoms with Gasteiger partial charge < -0.3 is 9.13 Å². The first-order valence-electron chi connectivity index (χ1n) is 17.9. The lowest BCUT2D eigenvalue weighted by molar-refractivity contribution is 1.19. The molecule has 240 valence electrons. The summed E-state index contributed by atoms with van der Waals surface area (Å²) in [6, 6.07) is 62.3. The maximum Gasteiger partial charge on any atom is 0.0786 e. The van der Waals surface area contributed by atoms with Crippen molar-refractivity contribution in [3.8, 4) is 44.9 Å². The van der Waals surface area contributed by atoms with Crippen LogP contribution in [0, 0.1) is 0 Å². The molecule has 0 N–H and O–H groups in total. The average Bonchev–Trinajstić information content (AvgIpc) is 3.84. The molecule has 0 aliphatic heterocycles. The van der Waals surface area contributed by atoms with Crippen LogP contribution in [0.25, 0.3) is 110 Å². The second-order valence-corrected chi connectivity index (χ2v) is 14.0. The zero-order valence-electron chi connectivity index (χ0n) is 28.1. The first-order valence-corrected chi connectivity index (χ1v) is 17.9. The molecule has 3 nitrogen and oxygen atoms in total. The molecular formula is C49H29N3. The van der Waals surface area contributed by atoms with Crippen LogP contribution in [-0.2, 0) is 0 Å². The van der Waals surface area contributed by atoms with Gasteiger partial charge in [-0.05, 0) is 93.5 Å². The lowest BCUT2D eigenvalue weighted by atomic mass is 10.00. The number of pyridine rings is 1. The molecule has 0 atom stereocenters. The number of hydrogen-bond donors (Lipinski definition) is 0. The summed E-state index contributed by atoms with van der Waals surface area (Å²) in [6.45, 7) is 0. The Bertz CT molecular complexity index is 3290. The smallest absolute Gasteiger partial charge is 0.0786 e. The highest BCUT2D eigenvalue weighted by Gasteiger charge is 2.24. The van der Waals surface area contributed by atoms with Crippen LogP contribution < -0.4 is 0 Å². The minimum absolute atomic E-state index is 1.07. The van der Waals surface area contributed by atoms with E-state index in [0.29, 0.717) is 0 Å². The highest BCUT2D eigenvalue weighted by Crippen LogP contribution is 2.48. The maximum absolute atomic E-state index is 4.79. The number of benzene rings is 8. The molecule has 3 aromatic heterocycles. The second kappa shape index (κ2) is 10.3. The molecule has 0 unspecified atom stereocenters. The summed E-state index contributed by atoms with van der Waals surface area (Å²) in [7, 11) is 0. The molecule has 0 amide bonds. The summed E-state index contributed by atoms with van der Waals surface area (Å²) < 4.78 is 4.87. The van der Waals surface area contributed by atoms with Crippen molar-refractivity contribution < 1.29 is 0 Å². The van der Waals surface area contributed by atoms with Crippen molar-refractivity contribution in [1.82, 2.24) is 14.1 Å². The van der Waals surface area contributed by atoms with E-state index in [1.165, 1.54) is 98.7 Å². The Morgan fingerprint density at radius 3 is 1.92 bits per heavy atom. The molecule has 0 fully saturated rings. The number of rotatable bonds is 3. The number of fused-ring (bicyclic) bond motifs is 11. The van der Waals surface area contributed by atoms with Crippen molar-refractivity contribution in [1.29, 1.82) is 0 Å². The summed E-state index contributed by atoms with van der Waals surface area (Å²) in [5.74, 6) is 0. The SMILES string of the molecule is c1ccc(-n2c3ccc(-c4ccc5c(c4)c4ccccc4n5-c4cc5c6c(cccc6c4)-c4ncccc4-5)cc3c3ccc4ccccc4c32)cc1. The minimum Gasteiger partial charge on any atom is -0.309 e. The van der Waals surface area contributed by atoms with Gasteiger partial charge in [-0.2, -0.15) is 0 Å². The highest BCUT2D eigenvalue weighted by atomic mass is 15.0. The maximum atomic E-state index is 4.79. The van der Waals surface area contributed by atoms with Gasteiger partial charge in [0.05, 0.1) is 27.8 Å².